The summed E-state index contributed by atoms with van der Waals surface area (Å²) in [4.78, 5) is 3.95. The minimum Gasteiger partial charge on any atom is -0.395 e. The largest absolute Gasteiger partial charge is 0.395 e. The van der Waals surface area contributed by atoms with Crippen molar-refractivity contribution in [2.45, 2.75) is 31.7 Å². The average Bonchev–Trinajstić information content (AvgIpc) is 2.53. The van der Waals surface area contributed by atoms with Crippen LogP contribution in [-0.4, -0.2) is 59.9 Å². The van der Waals surface area contributed by atoms with Crippen molar-refractivity contribution < 1.29 is 13.5 Å². The number of likely N-dealkylation sites (N-methyl/N-ethyl adjacent to an activating group) is 1. The van der Waals surface area contributed by atoms with Crippen molar-refractivity contribution in [3.8, 4) is 0 Å². The van der Waals surface area contributed by atoms with Crippen molar-refractivity contribution in [3.63, 3.8) is 0 Å². The fourth-order valence-electron chi connectivity index (χ4n) is 2.59. The predicted octanol–water partition coefficient (Wildman–Crippen LogP) is 0.647. The number of hydrogen-bond acceptors (Lipinski definition) is 4. The minimum absolute atomic E-state index is 0.114. The molecular weight excluding hydrogens is 290 g/mol. The molecule has 0 radical (unpaired) electrons. The minimum atomic E-state index is -3.50. The van der Waals surface area contributed by atoms with Gasteiger partial charge in [-0.15, -0.1) is 0 Å². The van der Waals surface area contributed by atoms with E-state index in [0.29, 0.717) is 19.5 Å². The van der Waals surface area contributed by atoms with E-state index in [1.807, 2.05) is 12.1 Å². The van der Waals surface area contributed by atoms with Crippen LogP contribution in [0.1, 0.15) is 24.8 Å². The summed E-state index contributed by atoms with van der Waals surface area (Å²) in [5.74, 6) is 0. The first-order valence-corrected chi connectivity index (χ1v) is 8.68. The van der Waals surface area contributed by atoms with Gasteiger partial charge in [-0.2, -0.15) is 17.0 Å². The molecule has 1 fully saturated rings. The van der Waals surface area contributed by atoms with E-state index >= 15 is 0 Å². The van der Waals surface area contributed by atoms with Crippen LogP contribution in [0.5, 0.6) is 0 Å². The fraction of sp³-hybridized carbons (Fsp3) is 0.643. The highest BCUT2D eigenvalue weighted by Gasteiger charge is 2.34. The van der Waals surface area contributed by atoms with Gasteiger partial charge in [0.05, 0.1) is 6.61 Å². The van der Waals surface area contributed by atoms with E-state index in [9.17, 15) is 13.5 Å². The van der Waals surface area contributed by atoms with E-state index in [4.69, 9.17) is 0 Å². The maximum absolute atomic E-state index is 12.6. The summed E-state index contributed by atoms with van der Waals surface area (Å²) in [5, 5.41) is 9.38. The standard InChI is InChI=1S/C14H23N3O3S/c1-16(11-7-13-5-8-15-9-6-13)21(19,20)17-10-3-2-4-14(17)12-18/h5-6,8-9,14,18H,2-4,7,10-12H2,1H3. The first-order chi connectivity index (χ1) is 10.1. The summed E-state index contributed by atoms with van der Waals surface area (Å²) < 4.78 is 28.0. The monoisotopic (exact) mass is 313 g/mol. The lowest BCUT2D eigenvalue weighted by molar-refractivity contribution is 0.149. The summed E-state index contributed by atoms with van der Waals surface area (Å²) >= 11 is 0. The van der Waals surface area contributed by atoms with Crippen molar-refractivity contribution in [1.82, 2.24) is 13.6 Å². The second-order valence-electron chi connectivity index (χ2n) is 5.38. The van der Waals surface area contributed by atoms with Crippen LogP contribution in [0.4, 0.5) is 0 Å². The molecule has 0 amide bonds. The van der Waals surface area contributed by atoms with Crippen molar-refractivity contribution in [2.75, 3.05) is 26.7 Å². The van der Waals surface area contributed by atoms with E-state index in [1.165, 1.54) is 8.61 Å². The number of nitrogens with zero attached hydrogens (tertiary/aromatic N) is 3. The van der Waals surface area contributed by atoms with E-state index < -0.39 is 10.2 Å². The Morgan fingerprint density at radius 3 is 2.76 bits per heavy atom. The van der Waals surface area contributed by atoms with Gasteiger partial charge >= 0.3 is 0 Å². The average molecular weight is 313 g/mol. The molecule has 1 atom stereocenters. The summed E-state index contributed by atoms with van der Waals surface area (Å²) in [6.45, 7) is 0.797. The van der Waals surface area contributed by atoms with E-state index in [2.05, 4.69) is 4.98 Å². The number of aliphatic hydroxyl groups excluding tert-OH is 1. The third kappa shape index (κ3) is 4.00. The Morgan fingerprint density at radius 2 is 2.10 bits per heavy atom. The van der Waals surface area contributed by atoms with Crippen LogP contribution < -0.4 is 0 Å². The third-order valence-electron chi connectivity index (χ3n) is 3.94. The van der Waals surface area contributed by atoms with Gasteiger partial charge in [-0.3, -0.25) is 4.98 Å². The third-order valence-corrected chi connectivity index (χ3v) is 5.98. The van der Waals surface area contributed by atoms with Gasteiger partial charge in [0.2, 0.25) is 0 Å². The Kier molecular flexibility index (Phi) is 5.69. The number of aromatic nitrogens is 1. The zero-order valence-corrected chi connectivity index (χ0v) is 13.2. The van der Waals surface area contributed by atoms with Gasteiger partial charge in [0.15, 0.2) is 0 Å². The normalized spacial score (nSPS) is 20.8. The lowest BCUT2D eigenvalue weighted by atomic mass is 10.1. The molecule has 1 aromatic heterocycles. The first-order valence-electron chi connectivity index (χ1n) is 7.28. The molecule has 6 nitrogen and oxygen atoms in total. The Labute approximate surface area is 126 Å². The van der Waals surface area contributed by atoms with Crippen molar-refractivity contribution >= 4 is 10.2 Å². The molecule has 0 bridgehead atoms. The number of piperidine rings is 1. The van der Waals surface area contributed by atoms with Gasteiger partial charge in [0, 0.05) is 38.6 Å². The Bertz CT molecular complexity index is 536. The highest BCUT2D eigenvalue weighted by molar-refractivity contribution is 7.86. The van der Waals surface area contributed by atoms with Crippen molar-refractivity contribution in [1.29, 1.82) is 0 Å². The van der Waals surface area contributed by atoms with Crippen molar-refractivity contribution in [2.24, 2.45) is 0 Å². The van der Waals surface area contributed by atoms with Gasteiger partial charge < -0.3 is 5.11 Å². The molecule has 1 aliphatic rings. The molecule has 0 saturated carbocycles. The molecular formula is C14H23N3O3S. The van der Waals surface area contributed by atoms with Crippen LogP contribution in [0.25, 0.3) is 0 Å². The molecule has 118 valence electrons. The second kappa shape index (κ2) is 7.31. The van der Waals surface area contributed by atoms with Gasteiger partial charge in [-0.25, -0.2) is 0 Å². The molecule has 0 spiro atoms. The molecule has 2 heterocycles. The predicted molar refractivity (Wildman–Crippen MR) is 80.9 cm³/mol. The van der Waals surface area contributed by atoms with Crippen LogP contribution in [0, 0.1) is 0 Å². The van der Waals surface area contributed by atoms with E-state index in [1.54, 1.807) is 19.4 Å². The highest BCUT2D eigenvalue weighted by Crippen LogP contribution is 2.21. The van der Waals surface area contributed by atoms with Crippen molar-refractivity contribution in [3.05, 3.63) is 30.1 Å². The summed E-state index contributed by atoms with van der Waals surface area (Å²) in [5.41, 5.74) is 1.06. The number of rotatable bonds is 6. The zero-order chi connectivity index (χ0) is 15.3. The number of pyridine rings is 1. The Hall–Kier alpha value is -1.02. The van der Waals surface area contributed by atoms with Crippen LogP contribution in [0.2, 0.25) is 0 Å². The van der Waals surface area contributed by atoms with E-state index in [-0.39, 0.29) is 12.6 Å². The smallest absolute Gasteiger partial charge is 0.282 e. The fourth-order valence-corrected chi connectivity index (χ4v) is 4.18. The first kappa shape index (κ1) is 16.4. The molecule has 7 heteroatoms. The van der Waals surface area contributed by atoms with Crippen LogP contribution in [-0.2, 0) is 16.6 Å². The second-order valence-corrected chi connectivity index (χ2v) is 7.37. The van der Waals surface area contributed by atoms with Gasteiger partial charge in [0.1, 0.15) is 0 Å². The Morgan fingerprint density at radius 1 is 1.38 bits per heavy atom. The maximum atomic E-state index is 12.6. The van der Waals surface area contributed by atoms with Crippen LogP contribution in [0.15, 0.2) is 24.5 Å². The summed E-state index contributed by atoms with van der Waals surface area (Å²) in [7, 11) is -1.91. The molecule has 1 unspecified atom stereocenters. The molecule has 2 rings (SSSR count). The number of hydrogen-bond donors (Lipinski definition) is 1. The van der Waals surface area contributed by atoms with Gasteiger partial charge in [0.25, 0.3) is 10.2 Å². The molecule has 1 saturated heterocycles. The topological polar surface area (TPSA) is 73.7 Å². The zero-order valence-electron chi connectivity index (χ0n) is 12.4. The summed E-state index contributed by atoms with van der Waals surface area (Å²) in [6, 6.07) is 3.49. The van der Waals surface area contributed by atoms with Crippen LogP contribution >= 0.6 is 0 Å². The number of aliphatic hydroxyl groups is 1. The Balaban J connectivity index is 2.00. The highest BCUT2D eigenvalue weighted by atomic mass is 32.2. The lowest BCUT2D eigenvalue weighted by Crippen LogP contribution is -2.51. The molecule has 1 aliphatic heterocycles. The molecule has 21 heavy (non-hydrogen) atoms. The lowest BCUT2D eigenvalue weighted by Gasteiger charge is -2.36. The summed E-state index contributed by atoms with van der Waals surface area (Å²) in [6.07, 6.45) is 6.61. The molecule has 0 aromatic carbocycles. The quantitative estimate of drug-likeness (QED) is 0.837. The molecule has 1 aromatic rings. The molecule has 0 aliphatic carbocycles. The maximum Gasteiger partial charge on any atom is 0.282 e. The van der Waals surface area contributed by atoms with E-state index in [0.717, 1.165) is 24.8 Å². The molecule has 1 N–H and O–H groups in total. The van der Waals surface area contributed by atoms with Gasteiger partial charge in [-0.05, 0) is 37.0 Å². The van der Waals surface area contributed by atoms with Crippen LogP contribution in [0.3, 0.4) is 0 Å². The van der Waals surface area contributed by atoms with Gasteiger partial charge in [-0.1, -0.05) is 6.42 Å². The SMILES string of the molecule is CN(CCc1ccncc1)S(=O)(=O)N1CCCCC1CO.